The summed E-state index contributed by atoms with van der Waals surface area (Å²) in [6.07, 6.45) is 1.62. The Morgan fingerprint density at radius 1 is 1.21 bits per heavy atom. The van der Waals surface area contributed by atoms with Crippen molar-refractivity contribution in [1.29, 1.82) is 0 Å². The van der Waals surface area contributed by atoms with E-state index >= 15 is 0 Å². The Labute approximate surface area is 109 Å². The van der Waals surface area contributed by atoms with Crippen molar-refractivity contribution in [2.24, 2.45) is 0 Å². The summed E-state index contributed by atoms with van der Waals surface area (Å²) in [6.45, 7) is 0. The van der Waals surface area contributed by atoms with Crippen molar-refractivity contribution in [2.45, 2.75) is 0 Å². The van der Waals surface area contributed by atoms with E-state index in [0.29, 0.717) is 17.1 Å². The largest absolute Gasteiger partial charge is 0.465 e. The SMILES string of the molecule is COC(=O)c1cccnc1-c1nc2ccccc2[nH]1. The van der Waals surface area contributed by atoms with Crippen molar-refractivity contribution >= 4 is 17.0 Å². The molecule has 3 rings (SSSR count). The maximum absolute atomic E-state index is 11.7. The maximum atomic E-state index is 11.7. The number of fused-ring (bicyclic) bond motifs is 1. The molecular formula is C14H11N3O2. The number of hydrogen-bond acceptors (Lipinski definition) is 4. The van der Waals surface area contributed by atoms with Crippen LogP contribution in [0.2, 0.25) is 0 Å². The van der Waals surface area contributed by atoms with Gasteiger partial charge >= 0.3 is 5.97 Å². The van der Waals surface area contributed by atoms with E-state index in [1.165, 1.54) is 7.11 Å². The molecule has 0 bridgehead atoms. The minimum Gasteiger partial charge on any atom is -0.465 e. The number of methoxy groups -OCH3 is 1. The Morgan fingerprint density at radius 2 is 2.05 bits per heavy atom. The second-order valence-electron chi connectivity index (χ2n) is 3.99. The third kappa shape index (κ3) is 1.95. The van der Waals surface area contributed by atoms with Gasteiger partial charge in [0.25, 0.3) is 0 Å². The summed E-state index contributed by atoms with van der Waals surface area (Å²) in [5.74, 6) is 0.130. The molecule has 94 valence electrons. The van der Waals surface area contributed by atoms with Gasteiger partial charge in [0.2, 0.25) is 0 Å². The van der Waals surface area contributed by atoms with Crippen LogP contribution in [0.5, 0.6) is 0 Å². The molecule has 2 aromatic heterocycles. The number of para-hydroxylation sites is 2. The fourth-order valence-corrected chi connectivity index (χ4v) is 1.93. The number of carbonyl (C=O) groups is 1. The average molecular weight is 253 g/mol. The normalized spacial score (nSPS) is 10.6. The van der Waals surface area contributed by atoms with Gasteiger partial charge in [-0.3, -0.25) is 4.98 Å². The Morgan fingerprint density at radius 3 is 2.84 bits per heavy atom. The topological polar surface area (TPSA) is 67.9 Å². The number of nitrogens with zero attached hydrogens (tertiary/aromatic N) is 2. The summed E-state index contributed by atoms with van der Waals surface area (Å²) in [7, 11) is 1.34. The first kappa shape index (κ1) is 11.4. The molecule has 0 aliphatic carbocycles. The molecule has 0 unspecified atom stereocenters. The van der Waals surface area contributed by atoms with Gasteiger partial charge in [-0.1, -0.05) is 12.1 Å². The van der Waals surface area contributed by atoms with Crippen molar-refractivity contribution < 1.29 is 9.53 Å². The number of benzene rings is 1. The Balaban J connectivity index is 2.18. The number of esters is 1. The third-order valence-corrected chi connectivity index (χ3v) is 2.83. The lowest BCUT2D eigenvalue weighted by Gasteiger charge is -2.03. The van der Waals surface area contributed by atoms with Crippen LogP contribution in [-0.4, -0.2) is 28.0 Å². The highest BCUT2D eigenvalue weighted by molar-refractivity contribution is 5.95. The lowest BCUT2D eigenvalue weighted by molar-refractivity contribution is 0.0601. The van der Waals surface area contributed by atoms with Crippen LogP contribution in [-0.2, 0) is 4.74 Å². The van der Waals surface area contributed by atoms with Crippen molar-refractivity contribution in [3.63, 3.8) is 0 Å². The predicted molar refractivity (Wildman–Crippen MR) is 70.7 cm³/mol. The molecule has 0 aliphatic heterocycles. The summed E-state index contributed by atoms with van der Waals surface area (Å²) < 4.78 is 4.75. The molecule has 2 heterocycles. The van der Waals surface area contributed by atoms with E-state index in [0.717, 1.165) is 11.0 Å². The van der Waals surface area contributed by atoms with E-state index in [9.17, 15) is 4.79 Å². The van der Waals surface area contributed by atoms with Crippen LogP contribution in [0.25, 0.3) is 22.6 Å². The maximum Gasteiger partial charge on any atom is 0.340 e. The molecule has 0 fully saturated rings. The first-order chi connectivity index (χ1) is 9.29. The van der Waals surface area contributed by atoms with Crippen molar-refractivity contribution in [1.82, 2.24) is 15.0 Å². The van der Waals surface area contributed by atoms with Gasteiger partial charge in [-0.15, -0.1) is 0 Å². The van der Waals surface area contributed by atoms with Crippen LogP contribution in [0, 0.1) is 0 Å². The van der Waals surface area contributed by atoms with Crippen LogP contribution in [0.4, 0.5) is 0 Å². The fraction of sp³-hybridized carbons (Fsp3) is 0.0714. The molecule has 19 heavy (non-hydrogen) atoms. The van der Waals surface area contributed by atoms with Crippen molar-refractivity contribution in [3.8, 4) is 11.5 Å². The second kappa shape index (κ2) is 4.53. The van der Waals surface area contributed by atoms with Gasteiger partial charge in [0.05, 0.1) is 23.7 Å². The van der Waals surface area contributed by atoms with Gasteiger partial charge in [-0.05, 0) is 24.3 Å². The van der Waals surface area contributed by atoms with Gasteiger partial charge in [0, 0.05) is 6.20 Å². The summed E-state index contributed by atoms with van der Waals surface area (Å²) in [4.78, 5) is 23.5. The van der Waals surface area contributed by atoms with E-state index in [1.807, 2.05) is 24.3 Å². The number of aromatic amines is 1. The number of nitrogens with one attached hydrogen (secondary N) is 1. The molecule has 5 nitrogen and oxygen atoms in total. The quantitative estimate of drug-likeness (QED) is 0.712. The first-order valence-corrected chi connectivity index (χ1v) is 5.78. The lowest BCUT2D eigenvalue weighted by Crippen LogP contribution is -2.05. The number of pyridine rings is 1. The van der Waals surface area contributed by atoms with Gasteiger partial charge in [-0.25, -0.2) is 9.78 Å². The summed E-state index contributed by atoms with van der Waals surface area (Å²) >= 11 is 0. The lowest BCUT2D eigenvalue weighted by atomic mass is 10.2. The Bertz CT molecular complexity index is 716. The van der Waals surface area contributed by atoms with Gasteiger partial charge in [-0.2, -0.15) is 0 Å². The van der Waals surface area contributed by atoms with Crippen molar-refractivity contribution in [3.05, 3.63) is 48.2 Å². The average Bonchev–Trinajstić information content (AvgIpc) is 2.90. The second-order valence-corrected chi connectivity index (χ2v) is 3.99. The summed E-state index contributed by atoms with van der Waals surface area (Å²) in [5.41, 5.74) is 2.62. The molecule has 0 saturated heterocycles. The molecule has 0 aliphatic rings. The van der Waals surface area contributed by atoms with Crippen molar-refractivity contribution in [2.75, 3.05) is 7.11 Å². The molecule has 0 spiro atoms. The molecular weight excluding hydrogens is 242 g/mol. The summed E-state index contributed by atoms with van der Waals surface area (Å²) in [6, 6.07) is 11.0. The first-order valence-electron chi connectivity index (χ1n) is 5.78. The zero-order valence-electron chi connectivity index (χ0n) is 10.3. The van der Waals surface area contributed by atoms with Gasteiger partial charge in [0.15, 0.2) is 5.82 Å². The van der Waals surface area contributed by atoms with Gasteiger partial charge in [0.1, 0.15) is 5.69 Å². The fourth-order valence-electron chi connectivity index (χ4n) is 1.93. The van der Waals surface area contributed by atoms with Gasteiger partial charge < -0.3 is 9.72 Å². The molecule has 1 aromatic carbocycles. The summed E-state index contributed by atoms with van der Waals surface area (Å²) in [5, 5.41) is 0. The smallest absolute Gasteiger partial charge is 0.340 e. The zero-order chi connectivity index (χ0) is 13.2. The number of imidazole rings is 1. The van der Waals surface area contributed by atoms with E-state index in [4.69, 9.17) is 4.74 Å². The third-order valence-electron chi connectivity index (χ3n) is 2.83. The minimum absolute atomic E-state index is 0.393. The van der Waals surface area contributed by atoms with E-state index < -0.39 is 5.97 Å². The highest BCUT2D eigenvalue weighted by atomic mass is 16.5. The number of ether oxygens (including phenoxy) is 1. The molecule has 3 aromatic rings. The van der Waals surface area contributed by atoms with Crippen LogP contribution in [0.3, 0.4) is 0 Å². The molecule has 0 amide bonds. The number of carbonyl (C=O) groups excluding carboxylic acids is 1. The number of rotatable bonds is 2. The van der Waals surface area contributed by atoms with Crippen LogP contribution < -0.4 is 0 Å². The molecule has 0 atom stereocenters. The Kier molecular flexibility index (Phi) is 2.72. The minimum atomic E-state index is -0.427. The number of hydrogen-bond donors (Lipinski definition) is 1. The van der Waals surface area contributed by atoms with Crippen LogP contribution in [0.1, 0.15) is 10.4 Å². The van der Waals surface area contributed by atoms with Crippen LogP contribution in [0.15, 0.2) is 42.6 Å². The zero-order valence-corrected chi connectivity index (χ0v) is 10.3. The predicted octanol–water partition coefficient (Wildman–Crippen LogP) is 2.41. The molecule has 0 radical (unpaired) electrons. The van der Waals surface area contributed by atoms with E-state index in [-0.39, 0.29) is 0 Å². The van der Waals surface area contributed by atoms with E-state index in [1.54, 1.807) is 18.3 Å². The van der Waals surface area contributed by atoms with Crippen LogP contribution >= 0.6 is 0 Å². The highest BCUT2D eigenvalue weighted by Crippen LogP contribution is 2.22. The number of aromatic nitrogens is 3. The molecule has 0 saturated carbocycles. The molecule has 5 heteroatoms. The highest BCUT2D eigenvalue weighted by Gasteiger charge is 2.16. The standard InChI is InChI=1S/C14H11N3O2/c1-19-14(18)9-5-4-8-15-12(9)13-16-10-6-2-3-7-11(10)17-13/h2-8H,1H3,(H,16,17). The van der Waals surface area contributed by atoms with E-state index in [2.05, 4.69) is 15.0 Å². The number of H-pyrrole nitrogens is 1. The molecule has 1 N–H and O–H groups in total. The Hall–Kier alpha value is -2.69. The monoisotopic (exact) mass is 253 g/mol.